The molecule has 1 N–H and O–H groups in total. The van der Waals surface area contributed by atoms with Gasteiger partial charge in [-0.1, -0.05) is 67.9 Å². The molecule has 2 rings (SSSR count). The predicted molar refractivity (Wildman–Crippen MR) is 85.5 cm³/mol. The molecule has 0 radical (unpaired) electrons. The van der Waals surface area contributed by atoms with Crippen molar-refractivity contribution in [1.29, 1.82) is 0 Å². The monoisotopic (exact) mass is 289 g/mol. The molecule has 0 aromatic heterocycles. The number of rotatable bonds is 4. The van der Waals surface area contributed by atoms with Gasteiger partial charge >= 0.3 is 0 Å². The van der Waals surface area contributed by atoms with Crippen LogP contribution in [0.5, 0.6) is 0 Å². The fraction of sp³-hybridized carbons (Fsp3) is 0.235. The van der Waals surface area contributed by atoms with E-state index < -0.39 is 0 Å². The van der Waals surface area contributed by atoms with Crippen LogP contribution in [-0.4, -0.2) is 18.9 Å². The number of hydrogen-bond donors (Lipinski definition) is 1. The normalized spacial score (nSPS) is 9.55. The van der Waals surface area contributed by atoms with Gasteiger partial charge < -0.3 is 5.32 Å². The quantitative estimate of drug-likeness (QED) is 0.855. The number of halogens is 1. The van der Waals surface area contributed by atoms with Gasteiger partial charge in [-0.3, -0.25) is 4.79 Å². The molecule has 0 spiro atoms. The Bertz CT molecular complexity index is 524. The molecule has 0 bridgehead atoms. The molecular weight excluding hydrogens is 270 g/mol. The maximum absolute atomic E-state index is 12.0. The first-order valence-corrected chi connectivity index (χ1v) is 7.13. The lowest BCUT2D eigenvalue weighted by atomic mass is 10.0. The van der Waals surface area contributed by atoms with E-state index in [1.165, 1.54) is 0 Å². The van der Waals surface area contributed by atoms with Crippen molar-refractivity contribution in [1.82, 2.24) is 5.32 Å². The standard InChI is InChI=1S/C13H9ClO.C4H11N/c14-12-9-5-4-8-11(12)13(15)10-6-2-1-3-7-10;1-3-5-4-2/h1-9H;5H,3-4H2,1-2H3. The first-order chi connectivity index (χ1) is 9.70. The van der Waals surface area contributed by atoms with Gasteiger partial charge in [0.2, 0.25) is 0 Å². The van der Waals surface area contributed by atoms with Gasteiger partial charge in [0.15, 0.2) is 5.78 Å². The van der Waals surface area contributed by atoms with Crippen LogP contribution < -0.4 is 5.32 Å². The van der Waals surface area contributed by atoms with Crippen LogP contribution in [0.4, 0.5) is 0 Å². The summed E-state index contributed by atoms with van der Waals surface area (Å²) in [6, 6.07) is 16.2. The fourth-order valence-electron chi connectivity index (χ4n) is 1.64. The van der Waals surface area contributed by atoms with E-state index in [0.717, 1.165) is 13.1 Å². The molecule has 0 saturated heterocycles. The van der Waals surface area contributed by atoms with Gasteiger partial charge in [0.1, 0.15) is 0 Å². The minimum atomic E-state index is -0.0406. The highest BCUT2D eigenvalue weighted by Crippen LogP contribution is 2.18. The molecule has 20 heavy (non-hydrogen) atoms. The molecule has 0 heterocycles. The van der Waals surface area contributed by atoms with Crippen LogP contribution in [0.2, 0.25) is 5.02 Å². The summed E-state index contributed by atoms with van der Waals surface area (Å²) in [5, 5.41) is 3.60. The van der Waals surface area contributed by atoms with Gasteiger partial charge in [-0.05, 0) is 25.2 Å². The van der Waals surface area contributed by atoms with Crippen molar-refractivity contribution >= 4 is 17.4 Å². The third kappa shape index (κ3) is 5.16. The van der Waals surface area contributed by atoms with Gasteiger partial charge in [-0.25, -0.2) is 0 Å². The van der Waals surface area contributed by atoms with Gasteiger partial charge in [0.05, 0.1) is 5.02 Å². The molecule has 0 aliphatic rings. The highest BCUT2D eigenvalue weighted by Gasteiger charge is 2.10. The summed E-state index contributed by atoms with van der Waals surface area (Å²) < 4.78 is 0. The van der Waals surface area contributed by atoms with E-state index in [4.69, 9.17) is 11.6 Å². The van der Waals surface area contributed by atoms with Gasteiger partial charge in [0.25, 0.3) is 0 Å². The van der Waals surface area contributed by atoms with Crippen molar-refractivity contribution in [3.63, 3.8) is 0 Å². The number of carbonyl (C=O) groups is 1. The van der Waals surface area contributed by atoms with E-state index in [-0.39, 0.29) is 5.78 Å². The molecule has 3 heteroatoms. The molecule has 2 aromatic carbocycles. The largest absolute Gasteiger partial charge is 0.317 e. The van der Waals surface area contributed by atoms with Crippen LogP contribution in [-0.2, 0) is 0 Å². The lowest BCUT2D eigenvalue weighted by Gasteiger charge is -2.02. The van der Waals surface area contributed by atoms with E-state index in [0.29, 0.717) is 16.1 Å². The van der Waals surface area contributed by atoms with E-state index in [1.54, 1.807) is 24.3 Å². The second-order valence-corrected chi connectivity index (χ2v) is 4.54. The maximum atomic E-state index is 12.0. The van der Waals surface area contributed by atoms with Crippen LogP contribution in [0.1, 0.15) is 29.8 Å². The predicted octanol–water partition coefficient (Wildman–Crippen LogP) is 4.19. The Kier molecular flexibility index (Phi) is 7.63. The Hall–Kier alpha value is -1.64. The van der Waals surface area contributed by atoms with Crippen LogP contribution in [0.15, 0.2) is 54.6 Å². The van der Waals surface area contributed by atoms with Crippen molar-refractivity contribution in [3.05, 3.63) is 70.7 Å². The molecule has 0 aliphatic heterocycles. The number of ketones is 1. The summed E-state index contributed by atoms with van der Waals surface area (Å²) in [7, 11) is 0. The summed E-state index contributed by atoms with van der Waals surface area (Å²) in [5.41, 5.74) is 1.20. The van der Waals surface area contributed by atoms with E-state index in [9.17, 15) is 4.79 Å². The van der Waals surface area contributed by atoms with Crippen molar-refractivity contribution < 1.29 is 4.79 Å². The zero-order valence-corrected chi connectivity index (χ0v) is 12.7. The van der Waals surface area contributed by atoms with Crippen molar-refractivity contribution in [2.75, 3.05) is 13.1 Å². The molecule has 106 valence electrons. The van der Waals surface area contributed by atoms with Crippen LogP contribution in [0, 0.1) is 0 Å². The number of carbonyl (C=O) groups excluding carboxylic acids is 1. The Labute approximate surface area is 125 Å². The third-order valence-corrected chi connectivity index (χ3v) is 2.98. The summed E-state index contributed by atoms with van der Waals surface area (Å²) in [6.45, 7) is 6.39. The highest BCUT2D eigenvalue weighted by atomic mass is 35.5. The van der Waals surface area contributed by atoms with Crippen LogP contribution in [0.25, 0.3) is 0 Å². The van der Waals surface area contributed by atoms with Gasteiger partial charge in [0, 0.05) is 11.1 Å². The summed E-state index contributed by atoms with van der Waals surface area (Å²) in [6.07, 6.45) is 0. The Balaban J connectivity index is 0.000000347. The molecule has 0 atom stereocenters. The maximum Gasteiger partial charge on any atom is 0.194 e. The molecule has 0 saturated carbocycles. The number of hydrogen-bond acceptors (Lipinski definition) is 2. The first kappa shape index (κ1) is 16.4. The smallest absolute Gasteiger partial charge is 0.194 e. The molecular formula is C17H20ClNO. The molecule has 0 amide bonds. The molecule has 0 fully saturated rings. The summed E-state index contributed by atoms with van der Waals surface area (Å²) in [4.78, 5) is 12.0. The lowest BCUT2D eigenvalue weighted by molar-refractivity contribution is 0.103. The van der Waals surface area contributed by atoms with E-state index in [1.807, 2.05) is 30.3 Å². The van der Waals surface area contributed by atoms with Crippen LogP contribution >= 0.6 is 11.6 Å². The average molecular weight is 290 g/mol. The van der Waals surface area contributed by atoms with E-state index in [2.05, 4.69) is 19.2 Å². The lowest BCUT2D eigenvalue weighted by Crippen LogP contribution is -2.09. The summed E-state index contributed by atoms with van der Waals surface area (Å²) in [5.74, 6) is -0.0406. The van der Waals surface area contributed by atoms with Crippen LogP contribution in [0.3, 0.4) is 0 Å². The molecule has 0 unspecified atom stereocenters. The number of benzene rings is 2. The van der Waals surface area contributed by atoms with Gasteiger partial charge in [-0.2, -0.15) is 0 Å². The minimum Gasteiger partial charge on any atom is -0.317 e. The minimum absolute atomic E-state index is 0.0406. The third-order valence-electron chi connectivity index (χ3n) is 2.65. The Morgan fingerprint density at radius 3 is 2.00 bits per heavy atom. The topological polar surface area (TPSA) is 29.1 Å². The highest BCUT2D eigenvalue weighted by molar-refractivity contribution is 6.34. The fourth-order valence-corrected chi connectivity index (χ4v) is 1.86. The SMILES string of the molecule is CCNCC.O=C(c1ccccc1)c1ccccc1Cl. The average Bonchev–Trinajstić information content (AvgIpc) is 2.49. The Morgan fingerprint density at radius 2 is 1.50 bits per heavy atom. The zero-order chi connectivity index (χ0) is 14.8. The molecule has 2 nitrogen and oxygen atoms in total. The second kappa shape index (κ2) is 9.29. The first-order valence-electron chi connectivity index (χ1n) is 6.75. The zero-order valence-electron chi connectivity index (χ0n) is 11.9. The van der Waals surface area contributed by atoms with Crippen molar-refractivity contribution in [2.45, 2.75) is 13.8 Å². The van der Waals surface area contributed by atoms with Crippen molar-refractivity contribution in [2.24, 2.45) is 0 Å². The molecule has 2 aromatic rings. The summed E-state index contributed by atoms with van der Waals surface area (Å²) >= 11 is 5.95. The van der Waals surface area contributed by atoms with E-state index >= 15 is 0 Å². The van der Waals surface area contributed by atoms with Gasteiger partial charge in [-0.15, -0.1) is 0 Å². The Morgan fingerprint density at radius 1 is 0.950 bits per heavy atom. The molecule has 0 aliphatic carbocycles. The number of nitrogens with one attached hydrogen (secondary N) is 1. The van der Waals surface area contributed by atoms with Crippen molar-refractivity contribution in [3.8, 4) is 0 Å². The second-order valence-electron chi connectivity index (χ2n) is 4.13.